The van der Waals surface area contributed by atoms with E-state index in [1.807, 2.05) is 24.0 Å². The third-order valence-electron chi connectivity index (χ3n) is 3.27. The maximum absolute atomic E-state index is 12.3. The summed E-state index contributed by atoms with van der Waals surface area (Å²) in [5, 5.41) is 3.28. The quantitative estimate of drug-likeness (QED) is 0.864. The van der Waals surface area contributed by atoms with Gasteiger partial charge in [0.05, 0.1) is 18.7 Å². The predicted molar refractivity (Wildman–Crippen MR) is 65.4 cm³/mol. The Balaban J connectivity index is 1.94. The Labute approximate surface area is 102 Å². The Kier molecular flexibility index (Phi) is 4.20. The van der Waals surface area contributed by atoms with E-state index in [2.05, 4.69) is 5.32 Å². The summed E-state index contributed by atoms with van der Waals surface area (Å²) >= 11 is 0. The number of nitrogens with zero attached hydrogens (tertiary/aromatic N) is 1. The molecule has 1 aliphatic heterocycles. The van der Waals surface area contributed by atoms with E-state index in [9.17, 15) is 4.79 Å². The number of amides is 1. The second-order valence-electron chi connectivity index (χ2n) is 4.48. The van der Waals surface area contributed by atoms with Crippen LogP contribution in [0.1, 0.15) is 25.5 Å². The van der Waals surface area contributed by atoms with Gasteiger partial charge in [-0.25, -0.2) is 0 Å². The number of nitrogens with one attached hydrogen (secondary N) is 1. The number of rotatable bonds is 4. The van der Waals surface area contributed by atoms with Crippen LogP contribution in [0, 0.1) is 5.92 Å². The smallest absolute Gasteiger partial charge is 0.227 e. The Bertz CT molecular complexity index is 342. The average Bonchev–Trinajstić information content (AvgIpc) is 2.89. The van der Waals surface area contributed by atoms with E-state index in [0.717, 1.165) is 38.2 Å². The third kappa shape index (κ3) is 3.09. The zero-order chi connectivity index (χ0) is 12.1. The van der Waals surface area contributed by atoms with Gasteiger partial charge in [-0.3, -0.25) is 4.79 Å². The first kappa shape index (κ1) is 12.2. The van der Waals surface area contributed by atoms with Gasteiger partial charge in [0, 0.05) is 13.1 Å². The average molecular weight is 236 g/mol. The number of furan rings is 1. The Morgan fingerprint density at radius 3 is 3.12 bits per heavy atom. The number of hydrogen-bond acceptors (Lipinski definition) is 3. The molecule has 1 aliphatic rings. The molecular formula is C13H20N2O2. The first-order valence-corrected chi connectivity index (χ1v) is 6.33. The maximum Gasteiger partial charge on any atom is 0.227 e. The monoisotopic (exact) mass is 236 g/mol. The van der Waals surface area contributed by atoms with Gasteiger partial charge < -0.3 is 14.6 Å². The zero-order valence-electron chi connectivity index (χ0n) is 10.3. The summed E-state index contributed by atoms with van der Waals surface area (Å²) in [6, 6.07) is 3.77. The maximum atomic E-state index is 12.3. The summed E-state index contributed by atoms with van der Waals surface area (Å²) in [6.45, 7) is 5.17. The van der Waals surface area contributed by atoms with Crippen molar-refractivity contribution in [1.82, 2.24) is 10.2 Å². The Hall–Kier alpha value is -1.29. The molecule has 0 spiro atoms. The van der Waals surface area contributed by atoms with Crippen molar-refractivity contribution in [2.75, 3.05) is 19.6 Å². The van der Waals surface area contributed by atoms with E-state index in [4.69, 9.17) is 4.42 Å². The van der Waals surface area contributed by atoms with Gasteiger partial charge in [0.15, 0.2) is 0 Å². The molecule has 1 amide bonds. The summed E-state index contributed by atoms with van der Waals surface area (Å²) in [7, 11) is 0. The van der Waals surface area contributed by atoms with E-state index < -0.39 is 0 Å². The predicted octanol–water partition coefficient (Wildman–Crippen LogP) is 1.63. The van der Waals surface area contributed by atoms with Crippen molar-refractivity contribution in [1.29, 1.82) is 0 Å². The number of carbonyl (C=O) groups is 1. The van der Waals surface area contributed by atoms with E-state index in [1.54, 1.807) is 6.26 Å². The highest BCUT2D eigenvalue weighted by Gasteiger charge is 2.25. The minimum Gasteiger partial charge on any atom is -0.467 e. The fourth-order valence-electron chi connectivity index (χ4n) is 2.26. The molecule has 1 atom stereocenters. The molecule has 1 N–H and O–H groups in total. The summed E-state index contributed by atoms with van der Waals surface area (Å²) in [4.78, 5) is 14.2. The summed E-state index contributed by atoms with van der Waals surface area (Å²) in [6.07, 6.45) is 3.74. The van der Waals surface area contributed by atoms with Crippen LogP contribution in [0.3, 0.4) is 0 Å². The molecule has 4 heteroatoms. The van der Waals surface area contributed by atoms with Gasteiger partial charge in [-0.1, -0.05) is 0 Å². The van der Waals surface area contributed by atoms with Gasteiger partial charge in [0.25, 0.3) is 0 Å². The highest BCUT2D eigenvalue weighted by atomic mass is 16.3. The molecule has 0 aliphatic carbocycles. The second-order valence-corrected chi connectivity index (χ2v) is 4.48. The lowest BCUT2D eigenvalue weighted by molar-refractivity contribution is -0.136. The largest absolute Gasteiger partial charge is 0.467 e. The van der Waals surface area contributed by atoms with Crippen molar-refractivity contribution < 1.29 is 9.21 Å². The fourth-order valence-corrected chi connectivity index (χ4v) is 2.26. The molecule has 0 saturated carbocycles. The van der Waals surface area contributed by atoms with E-state index in [1.165, 1.54) is 0 Å². The van der Waals surface area contributed by atoms with Gasteiger partial charge >= 0.3 is 0 Å². The fraction of sp³-hybridized carbons (Fsp3) is 0.615. The molecule has 1 fully saturated rings. The van der Waals surface area contributed by atoms with Gasteiger partial charge in [-0.05, 0) is 38.4 Å². The van der Waals surface area contributed by atoms with Crippen LogP contribution in [0.25, 0.3) is 0 Å². The van der Waals surface area contributed by atoms with Gasteiger partial charge in [-0.15, -0.1) is 0 Å². The van der Waals surface area contributed by atoms with Crippen molar-refractivity contribution in [2.24, 2.45) is 5.92 Å². The molecule has 0 bridgehead atoms. The van der Waals surface area contributed by atoms with Crippen molar-refractivity contribution >= 4 is 5.91 Å². The highest BCUT2D eigenvalue weighted by Crippen LogP contribution is 2.15. The van der Waals surface area contributed by atoms with Crippen LogP contribution in [0.4, 0.5) is 0 Å². The molecule has 17 heavy (non-hydrogen) atoms. The van der Waals surface area contributed by atoms with Crippen LogP contribution in [-0.2, 0) is 11.3 Å². The molecular weight excluding hydrogens is 216 g/mol. The topological polar surface area (TPSA) is 45.5 Å². The minimum absolute atomic E-state index is 0.138. The van der Waals surface area contributed by atoms with Crippen LogP contribution in [0.2, 0.25) is 0 Å². The molecule has 94 valence electrons. The number of hydrogen-bond donors (Lipinski definition) is 1. The molecule has 2 rings (SSSR count). The lowest BCUT2D eigenvalue weighted by atomic mass is 9.98. The summed E-state index contributed by atoms with van der Waals surface area (Å²) in [5.41, 5.74) is 0. The minimum atomic E-state index is 0.138. The van der Waals surface area contributed by atoms with Crippen molar-refractivity contribution in [3.05, 3.63) is 24.2 Å². The van der Waals surface area contributed by atoms with E-state index in [-0.39, 0.29) is 11.8 Å². The normalized spacial score (nSPS) is 20.2. The molecule has 1 aromatic rings. The molecule has 1 aromatic heterocycles. The second kappa shape index (κ2) is 5.87. The van der Waals surface area contributed by atoms with Crippen molar-refractivity contribution in [2.45, 2.75) is 26.3 Å². The Morgan fingerprint density at radius 2 is 2.53 bits per heavy atom. The molecule has 1 saturated heterocycles. The standard InChI is InChI=1S/C13H20N2O2/c1-2-15(10-12-6-4-8-17-12)13(16)11-5-3-7-14-9-11/h4,6,8,11,14H,2-3,5,7,9-10H2,1H3/t11-/m0/s1. The van der Waals surface area contributed by atoms with Crippen molar-refractivity contribution in [3.63, 3.8) is 0 Å². The van der Waals surface area contributed by atoms with Gasteiger partial charge in [-0.2, -0.15) is 0 Å². The number of carbonyl (C=O) groups excluding carboxylic acids is 1. The molecule has 0 radical (unpaired) electrons. The molecule has 4 nitrogen and oxygen atoms in total. The summed E-state index contributed by atoms with van der Waals surface area (Å²) < 4.78 is 5.29. The van der Waals surface area contributed by atoms with E-state index >= 15 is 0 Å². The lowest BCUT2D eigenvalue weighted by Crippen LogP contribution is -2.42. The van der Waals surface area contributed by atoms with Crippen LogP contribution in [0.5, 0.6) is 0 Å². The van der Waals surface area contributed by atoms with E-state index in [0.29, 0.717) is 6.54 Å². The molecule has 0 unspecified atom stereocenters. The number of piperidine rings is 1. The van der Waals surface area contributed by atoms with Crippen molar-refractivity contribution in [3.8, 4) is 0 Å². The highest BCUT2D eigenvalue weighted by molar-refractivity contribution is 5.79. The lowest BCUT2D eigenvalue weighted by Gasteiger charge is -2.28. The third-order valence-corrected chi connectivity index (χ3v) is 3.27. The van der Waals surface area contributed by atoms with Crippen LogP contribution >= 0.6 is 0 Å². The van der Waals surface area contributed by atoms with Gasteiger partial charge in [0.1, 0.15) is 5.76 Å². The van der Waals surface area contributed by atoms with Crippen LogP contribution in [-0.4, -0.2) is 30.4 Å². The first-order chi connectivity index (χ1) is 8.31. The SMILES string of the molecule is CCN(Cc1ccco1)C(=O)[C@H]1CCCNC1. The van der Waals surface area contributed by atoms with Crippen LogP contribution < -0.4 is 5.32 Å². The summed E-state index contributed by atoms with van der Waals surface area (Å²) in [5.74, 6) is 1.23. The first-order valence-electron chi connectivity index (χ1n) is 6.33. The Morgan fingerprint density at radius 1 is 1.65 bits per heavy atom. The zero-order valence-corrected chi connectivity index (χ0v) is 10.3. The van der Waals surface area contributed by atoms with Gasteiger partial charge in [0.2, 0.25) is 5.91 Å². The molecule has 0 aromatic carbocycles. The molecule has 2 heterocycles. The van der Waals surface area contributed by atoms with Crippen LogP contribution in [0.15, 0.2) is 22.8 Å².